The van der Waals surface area contributed by atoms with Gasteiger partial charge in [0.2, 0.25) is 0 Å². The molecule has 2 nitrogen and oxygen atoms in total. The van der Waals surface area contributed by atoms with Crippen molar-refractivity contribution >= 4 is 0 Å². The lowest BCUT2D eigenvalue weighted by atomic mass is 9.75. The smallest absolute Gasteiger partial charge is 0.0685 e. The molecule has 2 heteroatoms. The normalized spacial score (nSPS) is 31.5. The summed E-state index contributed by atoms with van der Waals surface area (Å²) in [5, 5.41) is 9.35. The summed E-state index contributed by atoms with van der Waals surface area (Å²) in [4.78, 5) is 0. The first-order chi connectivity index (χ1) is 7.70. The first-order valence-corrected chi connectivity index (χ1v) is 7.02. The maximum absolute atomic E-state index is 9.35. The minimum atomic E-state index is -0.134. The van der Waals surface area contributed by atoms with Crippen molar-refractivity contribution in [3.8, 4) is 0 Å². The van der Waals surface area contributed by atoms with E-state index in [1.165, 1.54) is 51.4 Å². The molecule has 1 heterocycles. The summed E-state index contributed by atoms with van der Waals surface area (Å²) in [7, 11) is 0. The van der Waals surface area contributed by atoms with E-state index in [1.807, 2.05) is 6.92 Å². The van der Waals surface area contributed by atoms with Crippen LogP contribution in [0.25, 0.3) is 0 Å². The Bertz CT molecular complexity index is 201. The van der Waals surface area contributed by atoms with Crippen LogP contribution >= 0.6 is 0 Å². The van der Waals surface area contributed by atoms with Gasteiger partial charge in [-0.2, -0.15) is 0 Å². The Morgan fingerprint density at radius 3 is 2.75 bits per heavy atom. The van der Waals surface area contributed by atoms with Crippen molar-refractivity contribution in [2.75, 3.05) is 6.61 Å². The van der Waals surface area contributed by atoms with E-state index >= 15 is 0 Å². The Balaban J connectivity index is 1.83. The van der Waals surface area contributed by atoms with E-state index in [-0.39, 0.29) is 11.7 Å². The summed E-state index contributed by atoms with van der Waals surface area (Å²) in [6.07, 6.45) is 11.1. The zero-order valence-corrected chi connectivity index (χ0v) is 10.6. The van der Waals surface area contributed by atoms with Gasteiger partial charge < -0.3 is 9.84 Å². The second-order valence-electron chi connectivity index (χ2n) is 5.88. The molecule has 2 aliphatic rings. The van der Waals surface area contributed by atoms with Crippen LogP contribution in [0.1, 0.15) is 64.7 Å². The summed E-state index contributed by atoms with van der Waals surface area (Å²) < 4.78 is 6.08. The molecule has 1 aliphatic carbocycles. The fourth-order valence-electron chi connectivity index (χ4n) is 3.40. The highest BCUT2D eigenvalue weighted by Gasteiger charge is 2.38. The summed E-state index contributed by atoms with van der Waals surface area (Å²) >= 11 is 0. The van der Waals surface area contributed by atoms with Gasteiger partial charge in [0, 0.05) is 6.61 Å². The minimum absolute atomic E-state index is 0.134. The highest BCUT2D eigenvalue weighted by molar-refractivity contribution is 4.89. The molecule has 94 valence electrons. The Labute approximate surface area is 99.4 Å². The Morgan fingerprint density at radius 2 is 2.06 bits per heavy atom. The number of aliphatic hydroxyl groups excluding tert-OH is 1. The lowest BCUT2D eigenvalue weighted by molar-refractivity contribution is -0.119. The average molecular weight is 226 g/mol. The molecule has 16 heavy (non-hydrogen) atoms. The average Bonchev–Trinajstić information content (AvgIpc) is 2.28. The van der Waals surface area contributed by atoms with Gasteiger partial charge in [-0.15, -0.1) is 0 Å². The van der Waals surface area contributed by atoms with Crippen molar-refractivity contribution in [3.05, 3.63) is 0 Å². The van der Waals surface area contributed by atoms with Gasteiger partial charge in [0.15, 0.2) is 0 Å². The molecule has 0 amide bonds. The standard InChI is InChI=1S/C14H26O2/c1-12(15)5-6-13-7-10-16-14(11-13)8-3-2-4-9-14/h12-13,15H,2-11H2,1H3. The van der Waals surface area contributed by atoms with Crippen molar-refractivity contribution in [1.82, 2.24) is 0 Å². The highest BCUT2D eigenvalue weighted by Crippen LogP contribution is 2.41. The van der Waals surface area contributed by atoms with Crippen LogP contribution in [0.15, 0.2) is 0 Å². The number of aliphatic hydroxyl groups is 1. The van der Waals surface area contributed by atoms with Gasteiger partial charge in [0.25, 0.3) is 0 Å². The van der Waals surface area contributed by atoms with Gasteiger partial charge in [0.05, 0.1) is 11.7 Å². The molecule has 2 unspecified atom stereocenters. The molecule has 0 bridgehead atoms. The zero-order chi connectivity index (χ0) is 11.4. The predicted molar refractivity (Wildman–Crippen MR) is 65.4 cm³/mol. The molecule has 1 saturated heterocycles. The lowest BCUT2D eigenvalue weighted by Gasteiger charge is -2.43. The van der Waals surface area contributed by atoms with Gasteiger partial charge in [-0.1, -0.05) is 19.3 Å². The summed E-state index contributed by atoms with van der Waals surface area (Å²) in [6, 6.07) is 0. The summed E-state index contributed by atoms with van der Waals surface area (Å²) in [5.41, 5.74) is 0.236. The lowest BCUT2D eigenvalue weighted by Crippen LogP contribution is -2.41. The third kappa shape index (κ3) is 3.21. The Hall–Kier alpha value is -0.0800. The summed E-state index contributed by atoms with van der Waals surface area (Å²) in [6.45, 7) is 2.85. The maximum Gasteiger partial charge on any atom is 0.0685 e. The van der Waals surface area contributed by atoms with Crippen LogP contribution in [0, 0.1) is 5.92 Å². The second-order valence-corrected chi connectivity index (χ2v) is 5.88. The van der Waals surface area contributed by atoms with Crippen LogP contribution in [-0.2, 0) is 4.74 Å². The fraction of sp³-hybridized carbons (Fsp3) is 1.00. The molecule has 2 fully saturated rings. The molecule has 2 rings (SSSR count). The molecule has 1 N–H and O–H groups in total. The quantitative estimate of drug-likeness (QED) is 0.800. The van der Waals surface area contributed by atoms with Gasteiger partial charge in [0.1, 0.15) is 0 Å². The minimum Gasteiger partial charge on any atom is -0.393 e. The summed E-state index contributed by atoms with van der Waals surface area (Å²) in [5.74, 6) is 0.793. The van der Waals surface area contributed by atoms with E-state index in [0.29, 0.717) is 0 Å². The molecule has 1 spiro atoms. The van der Waals surface area contributed by atoms with Crippen LogP contribution < -0.4 is 0 Å². The van der Waals surface area contributed by atoms with Crippen LogP contribution in [0.4, 0.5) is 0 Å². The number of rotatable bonds is 3. The highest BCUT2D eigenvalue weighted by atomic mass is 16.5. The Kier molecular flexibility index (Phi) is 4.26. The molecule has 1 saturated carbocycles. The third-order valence-electron chi connectivity index (χ3n) is 4.35. The molecule has 0 radical (unpaired) electrons. The first-order valence-electron chi connectivity index (χ1n) is 7.02. The molecular weight excluding hydrogens is 200 g/mol. The van der Waals surface area contributed by atoms with E-state index < -0.39 is 0 Å². The van der Waals surface area contributed by atoms with Gasteiger partial charge in [-0.25, -0.2) is 0 Å². The first kappa shape index (κ1) is 12.4. The fourth-order valence-corrected chi connectivity index (χ4v) is 3.40. The van der Waals surface area contributed by atoms with Crippen LogP contribution in [0.2, 0.25) is 0 Å². The largest absolute Gasteiger partial charge is 0.393 e. The van der Waals surface area contributed by atoms with Gasteiger partial charge >= 0.3 is 0 Å². The molecule has 2 atom stereocenters. The SMILES string of the molecule is CC(O)CCC1CCOC2(CCCCC2)C1. The van der Waals surface area contributed by atoms with Gasteiger partial charge in [-0.3, -0.25) is 0 Å². The van der Waals surface area contributed by atoms with Crippen molar-refractivity contribution in [1.29, 1.82) is 0 Å². The van der Waals surface area contributed by atoms with Crippen LogP contribution in [0.3, 0.4) is 0 Å². The van der Waals surface area contributed by atoms with E-state index in [4.69, 9.17) is 4.74 Å². The number of hydrogen-bond donors (Lipinski definition) is 1. The van der Waals surface area contributed by atoms with Crippen LogP contribution in [-0.4, -0.2) is 23.4 Å². The number of ether oxygens (including phenoxy) is 1. The molecule has 1 aliphatic heterocycles. The predicted octanol–water partition coefficient (Wildman–Crippen LogP) is 3.28. The molecule has 0 aromatic rings. The van der Waals surface area contributed by atoms with E-state index in [9.17, 15) is 5.11 Å². The van der Waals surface area contributed by atoms with Gasteiger partial charge in [-0.05, 0) is 51.4 Å². The molecule has 0 aromatic carbocycles. The topological polar surface area (TPSA) is 29.5 Å². The second kappa shape index (κ2) is 5.50. The zero-order valence-electron chi connectivity index (χ0n) is 10.6. The van der Waals surface area contributed by atoms with Crippen molar-refractivity contribution in [3.63, 3.8) is 0 Å². The van der Waals surface area contributed by atoms with E-state index in [1.54, 1.807) is 0 Å². The molecular formula is C14H26O2. The van der Waals surface area contributed by atoms with Crippen molar-refractivity contribution in [2.24, 2.45) is 5.92 Å². The van der Waals surface area contributed by atoms with Crippen molar-refractivity contribution < 1.29 is 9.84 Å². The van der Waals surface area contributed by atoms with E-state index in [2.05, 4.69) is 0 Å². The van der Waals surface area contributed by atoms with Crippen LogP contribution in [0.5, 0.6) is 0 Å². The number of hydrogen-bond acceptors (Lipinski definition) is 2. The maximum atomic E-state index is 9.35. The molecule has 0 aromatic heterocycles. The Morgan fingerprint density at radius 1 is 1.31 bits per heavy atom. The van der Waals surface area contributed by atoms with E-state index in [0.717, 1.165) is 18.9 Å². The van der Waals surface area contributed by atoms with Crippen molar-refractivity contribution in [2.45, 2.75) is 76.4 Å². The third-order valence-corrected chi connectivity index (χ3v) is 4.35. The monoisotopic (exact) mass is 226 g/mol.